The van der Waals surface area contributed by atoms with Gasteiger partial charge in [-0.25, -0.2) is 0 Å². The van der Waals surface area contributed by atoms with Crippen LogP contribution in [0.1, 0.15) is 43.9 Å². The van der Waals surface area contributed by atoms with E-state index in [9.17, 15) is 4.79 Å². The zero-order chi connectivity index (χ0) is 21.2. The zero-order valence-electron chi connectivity index (χ0n) is 17.6. The maximum Gasteiger partial charge on any atom is 0.263 e. The second kappa shape index (κ2) is 6.61. The first-order valence-electron chi connectivity index (χ1n) is 11.0. The Morgan fingerprint density at radius 1 is 1.19 bits per heavy atom. The third-order valence-corrected chi connectivity index (χ3v) is 7.76. The number of aromatic nitrogens is 5. The Bertz CT molecular complexity index is 1180. The Kier molecular flexibility index (Phi) is 4.04. The SMILES string of the molecule is C[C@@H]1OCC2(CCN(c3nc4[nH]nc(C5(c6ccncc6)CC5)c4c(=O)[nH]3)CC2)[C@@H]1N. The molecule has 3 fully saturated rings. The van der Waals surface area contributed by atoms with Crippen LogP contribution in [0.25, 0.3) is 11.0 Å². The van der Waals surface area contributed by atoms with Gasteiger partial charge in [-0.2, -0.15) is 10.1 Å². The number of hydrogen-bond donors (Lipinski definition) is 3. The molecule has 5 heterocycles. The first kappa shape index (κ1) is 18.9. The quantitative estimate of drug-likeness (QED) is 0.584. The fraction of sp³-hybridized carbons (Fsp3) is 0.545. The van der Waals surface area contributed by atoms with Crippen LogP contribution in [0.15, 0.2) is 29.3 Å². The highest BCUT2D eigenvalue weighted by atomic mass is 16.5. The number of fused-ring (bicyclic) bond motifs is 1. The van der Waals surface area contributed by atoms with E-state index < -0.39 is 0 Å². The van der Waals surface area contributed by atoms with Gasteiger partial charge in [0.2, 0.25) is 5.95 Å². The lowest BCUT2D eigenvalue weighted by atomic mass is 9.73. The number of anilines is 1. The van der Waals surface area contributed by atoms with E-state index in [1.54, 1.807) is 12.4 Å². The summed E-state index contributed by atoms with van der Waals surface area (Å²) in [6, 6.07) is 4.07. The van der Waals surface area contributed by atoms with Gasteiger partial charge in [0.1, 0.15) is 5.39 Å². The molecule has 4 N–H and O–H groups in total. The Hall–Kier alpha value is -2.78. The molecule has 2 aliphatic heterocycles. The van der Waals surface area contributed by atoms with Gasteiger partial charge >= 0.3 is 0 Å². The second-order valence-electron chi connectivity index (χ2n) is 9.39. The third-order valence-electron chi connectivity index (χ3n) is 7.76. The third kappa shape index (κ3) is 2.76. The lowest BCUT2D eigenvalue weighted by Gasteiger charge is -2.41. The molecule has 1 saturated carbocycles. The number of nitrogens with one attached hydrogen (secondary N) is 2. The largest absolute Gasteiger partial charge is 0.376 e. The van der Waals surface area contributed by atoms with Crippen LogP contribution < -0.4 is 16.2 Å². The number of ether oxygens (including phenoxy) is 1. The van der Waals surface area contributed by atoms with Gasteiger partial charge in [-0.05, 0) is 50.3 Å². The van der Waals surface area contributed by atoms with Gasteiger partial charge in [-0.3, -0.25) is 19.9 Å². The van der Waals surface area contributed by atoms with Crippen molar-refractivity contribution < 1.29 is 4.74 Å². The first-order chi connectivity index (χ1) is 15.0. The molecule has 31 heavy (non-hydrogen) atoms. The average molecular weight is 422 g/mol. The Morgan fingerprint density at radius 2 is 1.94 bits per heavy atom. The fourth-order valence-corrected chi connectivity index (χ4v) is 5.52. The van der Waals surface area contributed by atoms with Crippen LogP contribution in [0, 0.1) is 5.41 Å². The molecule has 1 spiro atoms. The summed E-state index contributed by atoms with van der Waals surface area (Å²) in [6.45, 7) is 4.35. The van der Waals surface area contributed by atoms with Crippen molar-refractivity contribution >= 4 is 17.0 Å². The molecule has 9 heteroatoms. The molecule has 0 aromatic carbocycles. The predicted molar refractivity (Wildman–Crippen MR) is 116 cm³/mol. The fourth-order valence-electron chi connectivity index (χ4n) is 5.52. The molecule has 0 bridgehead atoms. The maximum atomic E-state index is 13.1. The topological polar surface area (TPSA) is 126 Å². The van der Waals surface area contributed by atoms with Crippen LogP contribution >= 0.6 is 0 Å². The van der Waals surface area contributed by atoms with Crippen molar-refractivity contribution in [3.05, 3.63) is 46.1 Å². The molecule has 0 radical (unpaired) electrons. The molecule has 9 nitrogen and oxygen atoms in total. The molecule has 162 valence electrons. The number of nitrogens with zero attached hydrogens (tertiary/aromatic N) is 4. The molecule has 1 aliphatic carbocycles. The van der Waals surface area contributed by atoms with Crippen LogP contribution in [0.2, 0.25) is 0 Å². The van der Waals surface area contributed by atoms with Crippen molar-refractivity contribution in [3.8, 4) is 0 Å². The van der Waals surface area contributed by atoms with Gasteiger partial charge in [0.25, 0.3) is 5.56 Å². The Morgan fingerprint density at radius 3 is 2.58 bits per heavy atom. The minimum Gasteiger partial charge on any atom is -0.376 e. The molecular formula is C22H27N7O2. The first-order valence-corrected chi connectivity index (χ1v) is 11.0. The molecule has 3 aromatic heterocycles. The minimum atomic E-state index is -0.218. The van der Waals surface area contributed by atoms with E-state index in [1.807, 2.05) is 19.1 Å². The Labute approximate surface area is 179 Å². The van der Waals surface area contributed by atoms with E-state index in [2.05, 4.69) is 25.1 Å². The average Bonchev–Trinajstić information content (AvgIpc) is 3.42. The molecule has 0 amide bonds. The zero-order valence-corrected chi connectivity index (χ0v) is 17.6. The van der Waals surface area contributed by atoms with E-state index in [4.69, 9.17) is 15.5 Å². The Balaban J connectivity index is 1.30. The highest BCUT2D eigenvalue weighted by Gasteiger charge is 2.50. The molecule has 6 rings (SSSR count). The number of hydrogen-bond acceptors (Lipinski definition) is 7. The molecule has 2 atom stereocenters. The monoisotopic (exact) mass is 421 g/mol. The molecule has 0 unspecified atom stereocenters. The van der Waals surface area contributed by atoms with Crippen molar-refractivity contribution in [2.24, 2.45) is 11.1 Å². The summed E-state index contributed by atoms with van der Waals surface area (Å²) in [5, 5.41) is 8.13. The standard InChI is InChI=1S/C22H27N7O2/c1-13-16(23)21(12-31-13)6-10-29(11-7-21)20-25-18-15(19(30)26-20)17(27-28-18)22(4-5-22)14-2-8-24-9-3-14/h2-3,8-9,13,16H,4-7,10-12,23H2,1H3,(H2,25,26,27,28,30)/t13-,16+/m0/s1. The van der Waals surface area contributed by atoms with Gasteiger partial charge < -0.3 is 15.4 Å². The molecule has 2 saturated heterocycles. The summed E-state index contributed by atoms with van der Waals surface area (Å²) in [6.07, 6.45) is 7.46. The van der Waals surface area contributed by atoms with Gasteiger partial charge in [-0.15, -0.1) is 0 Å². The number of nitrogens with two attached hydrogens (primary N) is 1. The predicted octanol–water partition coefficient (Wildman–Crippen LogP) is 1.45. The van der Waals surface area contributed by atoms with Crippen molar-refractivity contribution in [3.63, 3.8) is 0 Å². The van der Waals surface area contributed by atoms with Crippen LogP contribution in [0.5, 0.6) is 0 Å². The van der Waals surface area contributed by atoms with Gasteiger partial charge in [-0.1, -0.05) is 0 Å². The highest BCUT2D eigenvalue weighted by Crippen LogP contribution is 2.53. The molecule has 3 aliphatic rings. The highest BCUT2D eigenvalue weighted by molar-refractivity contribution is 5.80. The van der Waals surface area contributed by atoms with Crippen molar-refractivity contribution in [1.82, 2.24) is 25.1 Å². The summed E-state index contributed by atoms with van der Waals surface area (Å²) in [7, 11) is 0. The van der Waals surface area contributed by atoms with Crippen LogP contribution in [0.3, 0.4) is 0 Å². The maximum absolute atomic E-state index is 13.1. The number of piperidine rings is 1. The van der Waals surface area contributed by atoms with E-state index in [1.165, 1.54) is 0 Å². The smallest absolute Gasteiger partial charge is 0.263 e. The van der Waals surface area contributed by atoms with Crippen LogP contribution in [-0.4, -0.2) is 57.0 Å². The summed E-state index contributed by atoms with van der Waals surface area (Å²) in [4.78, 5) is 27.2. The van der Waals surface area contributed by atoms with E-state index in [0.717, 1.165) is 50.0 Å². The van der Waals surface area contributed by atoms with Crippen LogP contribution in [0.4, 0.5) is 5.95 Å². The minimum absolute atomic E-state index is 0.0321. The molecular weight excluding hydrogens is 394 g/mol. The summed E-state index contributed by atoms with van der Waals surface area (Å²) in [5.41, 5.74) is 8.58. The number of aromatic amines is 2. The summed E-state index contributed by atoms with van der Waals surface area (Å²) >= 11 is 0. The normalized spacial score (nSPS) is 26.6. The number of H-pyrrole nitrogens is 2. The van der Waals surface area contributed by atoms with E-state index in [-0.39, 0.29) is 28.5 Å². The summed E-state index contributed by atoms with van der Waals surface area (Å²) in [5.74, 6) is 0.594. The van der Waals surface area contributed by atoms with Crippen molar-refractivity contribution in [2.45, 2.75) is 50.2 Å². The van der Waals surface area contributed by atoms with Crippen molar-refractivity contribution in [1.29, 1.82) is 0 Å². The van der Waals surface area contributed by atoms with Gasteiger partial charge in [0.05, 0.1) is 18.4 Å². The molecule has 3 aromatic rings. The second-order valence-corrected chi connectivity index (χ2v) is 9.39. The van der Waals surface area contributed by atoms with E-state index in [0.29, 0.717) is 23.6 Å². The number of pyridine rings is 1. The van der Waals surface area contributed by atoms with Gasteiger partial charge in [0, 0.05) is 42.4 Å². The van der Waals surface area contributed by atoms with Gasteiger partial charge in [0.15, 0.2) is 5.65 Å². The summed E-state index contributed by atoms with van der Waals surface area (Å²) < 4.78 is 5.82. The van der Waals surface area contributed by atoms with E-state index >= 15 is 0 Å². The van der Waals surface area contributed by atoms with Crippen molar-refractivity contribution in [2.75, 3.05) is 24.6 Å². The lowest BCUT2D eigenvalue weighted by Crippen LogP contribution is -2.51. The lowest BCUT2D eigenvalue weighted by molar-refractivity contribution is 0.0973. The van der Waals surface area contributed by atoms with Crippen LogP contribution in [-0.2, 0) is 10.2 Å². The number of rotatable bonds is 3.